The van der Waals surface area contributed by atoms with Crippen LogP contribution in [0.1, 0.15) is 36.2 Å². The molecule has 0 spiro atoms. The molecule has 43 heavy (non-hydrogen) atoms. The van der Waals surface area contributed by atoms with Gasteiger partial charge < -0.3 is 24.7 Å². The van der Waals surface area contributed by atoms with Gasteiger partial charge in [-0.05, 0) is 54.7 Å². The summed E-state index contributed by atoms with van der Waals surface area (Å²) in [6, 6.07) is 11.4. The maximum atomic E-state index is 12.7. The van der Waals surface area contributed by atoms with Crippen molar-refractivity contribution >= 4 is 44.5 Å². The Kier molecular flexibility index (Phi) is 9.07. The minimum Gasteiger partial charge on any atom is -0.378 e. The largest absolute Gasteiger partial charge is 0.378 e. The highest BCUT2D eigenvalue weighted by molar-refractivity contribution is 7.91. The van der Waals surface area contributed by atoms with Crippen LogP contribution < -0.4 is 10.6 Å². The van der Waals surface area contributed by atoms with E-state index in [1.807, 2.05) is 54.9 Å². The number of carbonyl (C=O) groups is 2. The number of nitrogens with one attached hydrogen (secondary N) is 2. The molecule has 5 heterocycles. The molecule has 0 saturated carbocycles. The van der Waals surface area contributed by atoms with E-state index in [9.17, 15) is 18.0 Å². The van der Waals surface area contributed by atoms with Crippen LogP contribution >= 0.6 is 0 Å². The summed E-state index contributed by atoms with van der Waals surface area (Å²) in [4.78, 5) is 35.0. The number of carbonyl (C=O) groups excluding carboxylic acids is 2. The van der Waals surface area contributed by atoms with Gasteiger partial charge in [0, 0.05) is 56.1 Å². The highest BCUT2D eigenvalue weighted by Crippen LogP contribution is 2.32. The molecule has 0 aliphatic carbocycles. The predicted molar refractivity (Wildman–Crippen MR) is 166 cm³/mol. The van der Waals surface area contributed by atoms with Crippen molar-refractivity contribution in [2.45, 2.75) is 27.2 Å². The van der Waals surface area contributed by atoms with Gasteiger partial charge in [0.2, 0.25) is 5.91 Å². The Hall–Kier alpha value is -4.29. The lowest BCUT2D eigenvalue weighted by molar-refractivity contribution is -0.114. The number of ether oxygens (including phenoxy) is 1. The van der Waals surface area contributed by atoms with Crippen molar-refractivity contribution in [1.29, 1.82) is 0 Å². The number of nitrogens with zero attached hydrogens (tertiary/aromatic N) is 4. The Labute approximate surface area is 251 Å². The van der Waals surface area contributed by atoms with Gasteiger partial charge in [0.1, 0.15) is 5.82 Å². The van der Waals surface area contributed by atoms with Crippen LogP contribution in [0.4, 0.5) is 17.2 Å². The normalized spacial score (nSPS) is 17.7. The van der Waals surface area contributed by atoms with Crippen molar-refractivity contribution in [2.24, 2.45) is 5.92 Å². The van der Waals surface area contributed by atoms with Crippen LogP contribution in [0.5, 0.6) is 0 Å². The third-order valence-electron chi connectivity index (χ3n) is 7.47. The van der Waals surface area contributed by atoms with Crippen molar-refractivity contribution in [3.8, 4) is 11.1 Å². The van der Waals surface area contributed by atoms with E-state index in [0.29, 0.717) is 55.1 Å². The molecule has 0 bridgehead atoms. The zero-order valence-corrected chi connectivity index (χ0v) is 25.4. The van der Waals surface area contributed by atoms with Crippen LogP contribution in [0.15, 0.2) is 61.2 Å². The van der Waals surface area contributed by atoms with Crippen LogP contribution in [-0.4, -0.2) is 77.3 Å². The van der Waals surface area contributed by atoms with E-state index in [4.69, 9.17) is 4.74 Å². The van der Waals surface area contributed by atoms with Crippen LogP contribution in [0, 0.1) is 12.8 Å². The van der Waals surface area contributed by atoms with Gasteiger partial charge in [-0.3, -0.25) is 9.59 Å². The number of fused-ring (bicyclic) bond motifs is 1. The number of pyridine rings is 2. The molecule has 1 unspecified atom stereocenters. The maximum absolute atomic E-state index is 12.7. The molecular weight excluding hydrogens is 568 g/mol. The summed E-state index contributed by atoms with van der Waals surface area (Å²) in [7, 11) is -2.60. The van der Waals surface area contributed by atoms with Crippen LogP contribution in [0.25, 0.3) is 16.8 Å². The molecule has 2 fully saturated rings. The monoisotopic (exact) mass is 604 g/mol. The molecule has 1 atom stereocenters. The number of hydrogen-bond donors (Lipinski definition) is 2. The molecule has 6 rings (SSSR count). The summed E-state index contributed by atoms with van der Waals surface area (Å²) in [5.74, 6) is 1.68. The highest BCUT2D eigenvalue weighted by Gasteiger charge is 2.23. The van der Waals surface area contributed by atoms with Gasteiger partial charge in [0.05, 0.1) is 36.0 Å². The first-order chi connectivity index (χ1) is 20.6. The fourth-order valence-electron chi connectivity index (χ4n) is 5.21. The third kappa shape index (κ3) is 7.38. The smallest absolute Gasteiger partial charge is 0.255 e. The number of hydrogen-bond acceptors (Lipinski definition) is 8. The van der Waals surface area contributed by atoms with Gasteiger partial charge in [-0.1, -0.05) is 19.1 Å². The van der Waals surface area contributed by atoms with E-state index >= 15 is 0 Å². The molecule has 11 nitrogen and oxygen atoms in total. The summed E-state index contributed by atoms with van der Waals surface area (Å²) in [5, 5.41) is 6.23. The Morgan fingerprint density at radius 3 is 2.49 bits per heavy atom. The fourth-order valence-corrected chi connectivity index (χ4v) is 7.17. The summed E-state index contributed by atoms with van der Waals surface area (Å²) in [6.07, 6.45) is 8.08. The van der Waals surface area contributed by atoms with Gasteiger partial charge in [-0.2, -0.15) is 0 Å². The number of morpholine rings is 1. The van der Waals surface area contributed by atoms with Crippen molar-refractivity contribution in [3.63, 3.8) is 0 Å². The summed E-state index contributed by atoms with van der Waals surface area (Å²) >= 11 is 0. The zero-order chi connectivity index (χ0) is 30.6. The molecule has 3 aromatic heterocycles. The van der Waals surface area contributed by atoms with E-state index in [1.165, 1.54) is 6.92 Å². The van der Waals surface area contributed by atoms with E-state index < -0.39 is 9.84 Å². The molecule has 4 aromatic rings. The average molecular weight is 605 g/mol. The Morgan fingerprint density at radius 2 is 1.86 bits per heavy atom. The Morgan fingerprint density at radius 1 is 1.07 bits per heavy atom. The summed E-state index contributed by atoms with van der Waals surface area (Å²) in [5.41, 5.74) is 5.77. The molecule has 1 aromatic carbocycles. The lowest BCUT2D eigenvalue weighted by Crippen LogP contribution is -2.40. The fraction of sp³-hybridized carbons (Fsp3) is 0.355. The van der Waals surface area contributed by atoms with Crippen molar-refractivity contribution in [3.05, 3.63) is 72.3 Å². The average Bonchev–Trinajstić information content (AvgIpc) is 3.59. The lowest BCUT2D eigenvalue weighted by atomic mass is 10.00. The van der Waals surface area contributed by atoms with E-state index in [0.717, 1.165) is 40.1 Å². The van der Waals surface area contributed by atoms with Gasteiger partial charge in [0.25, 0.3) is 5.91 Å². The SMILES string of the molecule is CC(=O)Nc1cccc(-c2cc(Nc3ccc(C(=O)N4CCOCC4)cn3)c3nccn3c2)c1C.CC1CCS(=O)(=O)C1. The topological polar surface area (TPSA) is 135 Å². The highest BCUT2D eigenvalue weighted by atomic mass is 32.2. The number of amides is 2. The molecule has 2 N–H and O–H groups in total. The number of rotatable bonds is 5. The van der Waals surface area contributed by atoms with Gasteiger partial charge in [0.15, 0.2) is 15.5 Å². The first-order valence-electron chi connectivity index (χ1n) is 14.2. The summed E-state index contributed by atoms with van der Waals surface area (Å²) < 4.78 is 28.6. The Bertz CT molecular complexity index is 1730. The molecule has 2 saturated heterocycles. The van der Waals surface area contributed by atoms with Crippen LogP contribution in [-0.2, 0) is 19.4 Å². The maximum Gasteiger partial charge on any atom is 0.255 e. The van der Waals surface area contributed by atoms with Gasteiger partial charge in [-0.15, -0.1) is 0 Å². The zero-order valence-electron chi connectivity index (χ0n) is 24.5. The third-order valence-corrected chi connectivity index (χ3v) is 9.41. The molecule has 2 amide bonds. The number of imidazole rings is 1. The van der Waals surface area contributed by atoms with Crippen molar-refractivity contribution in [1.82, 2.24) is 19.3 Å². The summed E-state index contributed by atoms with van der Waals surface area (Å²) in [6.45, 7) is 7.75. The standard InChI is InChI=1S/C26H26N6O3.C5H10O2S/c1-17-21(4-3-5-22(17)29-18(2)33)20-14-23(25-27-8-9-32(25)16-20)30-24-7-6-19(15-28-24)26(34)31-10-12-35-13-11-31;1-5-2-3-8(6,7)4-5/h3-9,14-16H,10-13H2,1-2H3,(H,28,30)(H,29,33);5H,2-4H2,1H3. The minimum atomic E-state index is -2.60. The molecule has 2 aliphatic rings. The van der Waals surface area contributed by atoms with E-state index in [2.05, 4.69) is 20.6 Å². The first kappa shape index (κ1) is 30.2. The van der Waals surface area contributed by atoms with Gasteiger partial charge in [-0.25, -0.2) is 18.4 Å². The van der Waals surface area contributed by atoms with Crippen molar-refractivity contribution in [2.75, 3.05) is 48.4 Å². The number of benzene rings is 1. The van der Waals surface area contributed by atoms with Crippen molar-refractivity contribution < 1.29 is 22.7 Å². The van der Waals surface area contributed by atoms with Crippen LogP contribution in [0.3, 0.4) is 0 Å². The van der Waals surface area contributed by atoms with E-state index in [1.54, 1.807) is 29.4 Å². The molecular formula is C31H36N6O5S. The molecule has 12 heteroatoms. The van der Waals surface area contributed by atoms with E-state index in [-0.39, 0.29) is 11.8 Å². The Balaban J connectivity index is 0.000000400. The second-order valence-electron chi connectivity index (χ2n) is 10.9. The molecule has 2 aliphatic heterocycles. The van der Waals surface area contributed by atoms with Gasteiger partial charge >= 0.3 is 0 Å². The minimum absolute atomic E-state index is 0.0421. The first-order valence-corrected chi connectivity index (χ1v) is 16.1. The molecule has 226 valence electrons. The van der Waals surface area contributed by atoms with Crippen LogP contribution in [0.2, 0.25) is 0 Å². The number of anilines is 3. The number of aromatic nitrogens is 3. The predicted octanol–water partition coefficient (Wildman–Crippen LogP) is 4.32. The lowest BCUT2D eigenvalue weighted by Gasteiger charge is -2.26. The second kappa shape index (κ2) is 12.9. The number of sulfone groups is 1. The quantitative estimate of drug-likeness (QED) is 0.344. The molecule has 0 radical (unpaired) electrons. The second-order valence-corrected chi connectivity index (χ2v) is 13.2.